The summed E-state index contributed by atoms with van der Waals surface area (Å²) in [6.45, 7) is 2.17. The van der Waals surface area contributed by atoms with Crippen LogP contribution in [-0.4, -0.2) is 22.1 Å². The topological polar surface area (TPSA) is 62.2 Å². The van der Waals surface area contributed by atoms with Crippen LogP contribution in [0, 0.1) is 5.92 Å². The maximum absolute atomic E-state index is 10.9. The molecule has 0 spiro atoms. The Bertz CT molecular complexity index is 437. The molecule has 0 saturated heterocycles. The van der Waals surface area contributed by atoms with Gasteiger partial charge >= 0.3 is 5.97 Å². The smallest absolute Gasteiger partial charge is 0.356 e. The van der Waals surface area contributed by atoms with Gasteiger partial charge in [0.15, 0.2) is 5.69 Å². The molecule has 2 atom stereocenters. The van der Waals surface area contributed by atoms with Gasteiger partial charge in [-0.3, -0.25) is 0 Å². The van der Waals surface area contributed by atoms with Crippen molar-refractivity contribution in [1.82, 2.24) is 4.98 Å². The molecule has 0 bridgehead atoms. The average Bonchev–Trinajstić information content (AvgIpc) is 2.99. The number of rotatable bonds is 5. The number of anilines is 1. The highest BCUT2D eigenvalue weighted by Gasteiger charge is 2.36. The normalized spacial score (nSPS) is 22.2. The van der Waals surface area contributed by atoms with E-state index in [1.54, 1.807) is 12.1 Å². The highest BCUT2D eigenvalue weighted by Crippen LogP contribution is 2.37. The third kappa shape index (κ3) is 2.88. The number of pyridine rings is 1. The van der Waals surface area contributed by atoms with Crippen LogP contribution in [-0.2, 0) is 0 Å². The summed E-state index contributed by atoms with van der Waals surface area (Å²) in [5.41, 5.74) is -0.0932. The number of nitrogens with one attached hydrogen (secondary N) is 1. The van der Waals surface area contributed by atoms with E-state index >= 15 is 0 Å². The molecule has 1 fully saturated rings. The quantitative estimate of drug-likeness (QED) is 0.848. The Morgan fingerprint density at radius 2 is 2.41 bits per heavy atom. The Morgan fingerprint density at radius 3 is 3.06 bits per heavy atom. The van der Waals surface area contributed by atoms with Crippen molar-refractivity contribution in [3.63, 3.8) is 0 Å². The van der Waals surface area contributed by atoms with E-state index in [0.29, 0.717) is 17.8 Å². The van der Waals surface area contributed by atoms with Crippen molar-refractivity contribution < 1.29 is 9.90 Å². The first-order chi connectivity index (χ1) is 8.11. The van der Waals surface area contributed by atoms with Gasteiger partial charge in [-0.1, -0.05) is 24.9 Å². The number of aromatic carboxylic acids is 1. The van der Waals surface area contributed by atoms with Gasteiger partial charge in [-0.15, -0.1) is 0 Å². The predicted molar refractivity (Wildman–Crippen MR) is 66.6 cm³/mol. The van der Waals surface area contributed by atoms with Crippen molar-refractivity contribution in [3.8, 4) is 0 Å². The minimum Gasteiger partial charge on any atom is -0.476 e. The van der Waals surface area contributed by atoms with Crippen LogP contribution in [0.3, 0.4) is 0 Å². The van der Waals surface area contributed by atoms with Crippen LogP contribution in [0.25, 0.3) is 0 Å². The minimum absolute atomic E-state index is 0.0932. The summed E-state index contributed by atoms with van der Waals surface area (Å²) < 4.78 is 0. The van der Waals surface area contributed by atoms with E-state index in [2.05, 4.69) is 17.2 Å². The van der Waals surface area contributed by atoms with Crippen LogP contribution in [0.15, 0.2) is 12.1 Å². The van der Waals surface area contributed by atoms with Crippen LogP contribution in [0.2, 0.25) is 5.02 Å². The standard InChI is InChI=1S/C12H15ClN2O2/c1-2-3-7-6-9(7)14-10-5-4-8(13)11(15-10)12(16)17/h4-5,7,9H,2-3,6H2,1H3,(H,14,15)(H,16,17). The first kappa shape index (κ1) is 12.2. The van der Waals surface area contributed by atoms with E-state index in [0.717, 1.165) is 6.42 Å². The predicted octanol–water partition coefficient (Wildman–Crippen LogP) is 3.03. The Balaban J connectivity index is 2.03. The zero-order valence-electron chi connectivity index (χ0n) is 9.61. The molecule has 17 heavy (non-hydrogen) atoms. The molecule has 0 amide bonds. The van der Waals surface area contributed by atoms with E-state index in [1.807, 2.05) is 0 Å². The second-order valence-electron chi connectivity index (χ2n) is 4.37. The molecule has 1 aromatic rings. The van der Waals surface area contributed by atoms with Gasteiger partial charge in [-0.05, 0) is 30.9 Å². The third-order valence-corrected chi connectivity index (χ3v) is 3.27. The van der Waals surface area contributed by atoms with E-state index in [-0.39, 0.29) is 10.7 Å². The molecule has 0 aromatic carbocycles. The van der Waals surface area contributed by atoms with Gasteiger partial charge in [0, 0.05) is 6.04 Å². The second-order valence-corrected chi connectivity index (χ2v) is 4.77. The number of carboxylic acids is 1. The van der Waals surface area contributed by atoms with Crippen LogP contribution in [0.1, 0.15) is 36.7 Å². The van der Waals surface area contributed by atoms with Gasteiger partial charge in [0.05, 0.1) is 5.02 Å². The molecule has 1 aromatic heterocycles. The zero-order valence-corrected chi connectivity index (χ0v) is 10.4. The van der Waals surface area contributed by atoms with Crippen LogP contribution in [0.5, 0.6) is 0 Å². The van der Waals surface area contributed by atoms with Crippen molar-refractivity contribution >= 4 is 23.4 Å². The monoisotopic (exact) mass is 254 g/mol. The van der Waals surface area contributed by atoms with Gasteiger partial charge in [0.2, 0.25) is 0 Å². The molecule has 4 nitrogen and oxygen atoms in total. The van der Waals surface area contributed by atoms with E-state index in [9.17, 15) is 4.79 Å². The SMILES string of the molecule is CCCC1CC1Nc1ccc(Cl)c(C(=O)O)n1. The van der Waals surface area contributed by atoms with Crippen molar-refractivity contribution in [2.24, 2.45) is 5.92 Å². The van der Waals surface area contributed by atoms with Crippen molar-refractivity contribution in [2.45, 2.75) is 32.2 Å². The highest BCUT2D eigenvalue weighted by molar-refractivity contribution is 6.33. The number of halogens is 1. The number of hydrogen-bond acceptors (Lipinski definition) is 3. The molecular weight excluding hydrogens is 240 g/mol. The number of carbonyl (C=O) groups is 1. The molecule has 5 heteroatoms. The van der Waals surface area contributed by atoms with Gasteiger partial charge in [0.25, 0.3) is 0 Å². The number of carboxylic acid groups (broad SMARTS) is 1. The Labute approximate surface area is 105 Å². The fourth-order valence-corrected chi connectivity index (χ4v) is 2.16. The Hall–Kier alpha value is -1.29. The van der Waals surface area contributed by atoms with E-state index in [1.165, 1.54) is 12.8 Å². The number of hydrogen-bond donors (Lipinski definition) is 2. The first-order valence-electron chi connectivity index (χ1n) is 5.78. The maximum Gasteiger partial charge on any atom is 0.356 e. The maximum atomic E-state index is 10.9. The lowest BCUT2D eigenvalue weighted by Gasteiger charge is -2.06. The van der Waals surface area contributed by atoms with Gasteiger partial charge in [0.1, 0.15) is 5.82 Å². The largest absolute Gasteiger partial charge is 0.476 e. The van der Waals surface area contributed by atoms with Crippen LogP contribution >= 0.6 is 11.6 Å². The van der Waals surface area contributed by atoms with Crippen molar-refractivity contribution in [1.29, 1.82) is 0 Å². The Kier molecular flexibility index (Phi) is 3.52. The number of aromatic nitrogens is 1. The van der Waals surface area contributed by atoms with Crippen LogP contribution < -0.4 is 5.32 Å². The molecule has 92 valence electrons. The Morgan fingerprint density at radius 1 is 1.65 bits per heavy atom. The van der Waals surface area contributed by atoms with Gasteiger partial charge < -0.3 is 10.4 Å². The molecule has 2 unspecified atom stereocenters. The van der Waals surface area contributed by atoms with E-state index in [4.69, 9.17) is 16.7 Å². The molecule has 0 radical (unpaired) electrons. The highest BCUT2D eigenvalue weighted by atomic mass is 35.5. The third-order valence-electron chi connectivity index (χ3n) is 2.96. The molecule has 2 rings (SSSR count). The summed E-state index contributed by atoms with van der Waals surface area (Å²) in [6.07, 6.45) is 3.52. The van der Waals surface area contributed by atoms with Crippen molar-refractivity contribution in [3.05, 3.63) is 22.8 Å². The molecule has 1 saturated carbocycles. The number of nitrogens with zero attached hydrogens (tertiary/aromatic N) is 1. The fourth-order valence-electron chi connectivity index (χ4n) is 1.98. The molecular formula is C12H15ClN2O2. The molecule has 2 N–H and O–H groups in total. The first-order valence-corrected chi connectivity index (χ1v) is 6.16. The van der Waals surface area contributed by atoms with Gasteiger partial charge in [-0.2, -0.15) is 0 Å². The average molecular weight is 255 g/mol. The van der Waals surface area contributed by atoms with Gasteiger partial charge in [-0.25, -0.2) is 9.78 Å². The summed E-state index contributed by atoms with van der Waals surface area (Å²) in [4.78, 5) is 14.9. The summed E-state index contributed by atoms with van der Waals surface area (Å²) in [7, 11) is 0. The zero-order chi connectivity index (χ0) is 12.4. The lowest BCUT2D eigenvalue weighted by Crippen LogP contribution is -2.09. The summed E-state index contributed by atoms with van der Waals surface area (Å²) in [5.74, 6) is 0.195. The fraction of sp³-hybridized carbons (Fsp3) is 0.500. The van der Waals surface area contributed by atoms with Crippen LogP contribution in [0.4, 0.5) is 5.82 Å². The lowest BCUT2D eigenvalue weighted by molar-refractivity contribution is 0.0691. The summed E-state index contributed by atoms with van der Waals surface area (Å²) in [5, 5.41) is 12.3. The molecule has 1 heterocycles. The second kappa shape index (κ2) is 4.92. The molecule has 1 aliphatic rings. The van der Waals surface area contributed by atoms with E-state index < -0.39 is 5.97 Å². The molecule has 1 aliphatic carbocycles. The molecule has 0 aliphatic heterocycles. The summed E-state index contributed by atoms with van der Waals surface area (Å²) >= 11 is 5.75. The van der Waals surface area contributed by atoms with Crippen molar-refractivity contribution in [2.75, 3.05) is 5.32 Å². The summed E-state index contributed by atoms with van der Waals surface area (Å²) in [6, 6.07) is 3.72. The minimum atomic E-state index is -1.10. The lowest BCUT2D eigenvalue weighted by atomic mass is 10.2.